The van der Waals surface area contributed by atoms with Gasteiger partial charge < -0.3 is 16.4 Å². The van der Waals surface area contributed by atoms with Crippen molar-refractivity contribution in [1.82, 2.24) is 5.32 Å². The van der Waals surface area contributed by atoms with Crippen molar-refractivity contribution in [3.8, 4) is 0 Å². The quantitative estimate of drug-likeness (QED) is 0.623. The van der Waals surface area contributed by atoms with Crippen LogP contribution in [0, 0.1) is 5.82 Å². The number of anilines is 1. The van der Waals surface area contributed by atoms with E-state index in [-0.39, 0.29) is 5.56 Å². The molecule has 1 aromatic carbocycles. The number of primary amides is 1. The van der Waals surface area contributed by atoms with Gasteiger partial charge in [0, 0.05) is 18.8 Å². The fourth-order valence-corrected chi connectivity index (χ4v) is 1.24. The lowest BCUT2D eigenvalue weighted by Gasteiger charge is -2.10. The maximum atomic E-state index is 13.3. The summed E-state index contributed by atoms with van der Waals surface area (Å²) in [5, 5.41) is 5.86. The lowest BCUT2D eigenvalue weighted by molar-refractivity contribution is 0.0997. The predicted molar refractivity (Wildman–Crippen MR) is 57.3 cm³/mol. The van der Waals surface area contributed by atoms with Gasteiger partial charge in [-0.05, 0) is 19.2 Å². The molecule has 4 N–H and O–H groups in total. The van der Waals surface area contributed by atoms with Crippen molar-refractivity contribution in [2.24, 2.45) is 5.73 Å². The summed E-state index contributed by atoms with van der Waals surface area (Å²) in [6.07, 6.45) is 0. The van der Waals surface area contributed by atoms with Crippen molar-refractivity contribution in [3.63, 3.8) is 0 Å². The molecule has 0 radical (unpaired) electrons. The fourth-order valence-electron chi connectivity index (χ4n) is 1.24. The summed E-state index contributed by atoms with van der Waals surface area (Å²) in [5.41, 5.74) is 5.42. The Bertz CT molecular complexity index is 355. The first kappa shape index (κ1) is 11.5. The number of likely N-dealkylation sites (N-methyl/N-ethyl adjacent to an activating group) is 1. The third-order valence-corrected chi connectivity index (χ3v) is 1.95. The van der Waals surface area contributed by atoms with E-state index in [4.69, 9.17) is 5.73 Å². The number of halogens is 1. The number of amides is 1. The molecule has 0 heterocycles. The molecule has 1 amide bonds. The average Bonchev–Trinajstić information content (AvgIpc) is 2.17. The largest absolute Gasteiger partial charge is 0.383 e. The molecule has 0 atom stereocenters. The number of rotatable bonds is 5. The highest BCUT2D eigenvalue weighted by atomic mass is 19.1. The van der Waals surface area contributed by atoms with Crippen molar-refractivity contribution >= 4 is 11.6 Å². The molecule has 1 aromatic rings. The molecule has 0 bridgehead atoms. The van der Waals surface area contributed by atoms with Crippen LogP contribution < -0.4 is 16.4 Å². The Morgan fingerprint density at radius 3 is 2.80 bits per heavy atom. The molecular weight excluding hydrogens is 197 g/mol. The molecule has 0 aliphatic rings. The standard InChI is InChI=1S/C10H14FN3O/c1-13-5-6-14-8-4-2-3-7(11)9(8)10(12)15/h2-4,13-14H,5-6H2,1H3,(H2,12,15). The van der Waals surface area contributed by atoms with E-state index in [1.54, 1.807) is 6.07 Å². The van der Waals surface area contributed by atoms with Crippen LogP contribution in [0.4, 0.5) is 10.1 Å². The van der Waals surface area contributed by atoms with Gasteiger partial charge in [0.1, 0.15) is 5.82 Å². The molecule has 5 heteroatoms. The van der Waals surface area contributed by atoms with Crippen molar-refractivity contribution in [1.29, 1.82) is 0 Å². The van der Waals surface area contributed by atoms with Crippen LogP contribution in [-0.2, 0) is 0 Å². The number of nitrogens with one attached hydrogen (secondary N) is 2. The van der Waals surface area contributed by atoms with Crippen molar-refractivity contribution in [2.45, 2.75) is 0 Å². The zero-order valence-electron chi connectivity index (χ0n) is 8.51. The Labute approximate surface area is 87.7 Å². The van der Waals surface area contributed by atoms with E-state index < -0.39 is 11.7 Å². The van der Waals surface area contributed by atoms with Crippen molar-refractivity contribution < 1.29 is 9.18 Å². The zero-order valence-corrected chi connectivity index (χ0v) is 8.51. The van der Waals surface area contributed by atoms with Gasteiger partial charge >= 0.3 is 0 Å². The molecule has 1 rings (SSSR count). The summed E-state index contributed by atoms with van der Waals surface area (Å²) in [6.45, 7) is 1.31. The van der Waals surface area contributed by atoms with Gasteiger partial charge in [0.25, 0.3) is 5.91 Å². The Hall–Kier alpha value is -1.62. The highest BCUT2D eigenvalue weighted by Crippen LogP contribution is 2.17. The summed E-state index contributed by atoms with van der Waals surface area (Å²) >= 11 is 0. The highest BCUT2D eigenvalue weighted by molar-refractivity contribution is 5.98. The predicted octanol–water partition coefficient (Wildman–Crippen LogP) is 0.556. The molecular formula is C10H14FN3O. The molecule has 0 saturated carbocycles. The van der Waals surface area contributed by atoms with Crippen LogP contribution in [0.25, 0.3) is 0 Å². The van der Waals surface area contributed by atoms with Gasteiger partial charge in [-0.1, -0.05) is 6.07 Å². The molecule has 0 aliphatic carbocycles. The SMILES string of the molecule is CNCCNc1cccc(F)c1C(N)=O. The van der Waals surface area contributed by atoms with Gasteiger partial charge in [-0.3, -0.25) is 4.79 Å². The topological polar surface area (TPSA) is 67.2 Å². The minimum absolute atomic E-state index is 0.0893. The molecule has 0 aromatic heterocycles. The first-order valence-corrected chi connectivity index (χ1v) is 4.63. The van der Waals surface area contributed by atoms with Gasteiger partial charge in [0.15, 0.2) is 0 Å². The van der Waals surface area contributed by atoms with E-state index in [9.17, 15) is 9.18 Å². The van der Waals surface area contributed by atoms with Crippen molar-refractivity contribution in [2.75, 3.05) is 25.5 Å². The van der Waals surface area contributed by atoms with Crippen LogP contribution in [0.5, 0.6) is 0 Å². The van der Waals surface area contributed by atoms with Crippen LogP contribution in [0.15, 0.2) is 18.2 Å². The lowest BCUT2D eigenvalue weighted by atomic mass is 10.1. The second kappa shape index (κ2) is 5.31. The second-order valence-corrected chi connectivity index (χ2v) is 3.06. The lowest BCUT2D eigenvalue weighted by Crippen LogP contribution is -2.21. The molecule has 4 nitrogen and oxygen atoms in total. The van der Waals surface area contributed by atoms with E-state index >= 15 is 0 Å². The molecule has 0 spiro atoms. The molecule has 15 heavy (non-hydrogen) atoms. The van der Waals surface area contributed by atoms with Crippen LogP contribution in [-0.4, -0.2) is 26.0 Å². The van der Waals surface area contributed by atoms with E-state index in [0.717, 1.165) is 0 Å². The summed E-state index contributed by atoms with van der Waals surface area (Å²) in [4.78, 5) is 11.0. The van der Waals surface area contributed by atoms with Gasteiger partial charge in [-0.2, -0.15) is 0 Å². The third-order valence-electron chi connectivity index (χ3n) is 1.95. The number of hydrogen-bond acceptors (Lipinski definition) is 3. The van der Waals surface area contributed by atoms with Crippen LogP contribution >= 0.6 is 0 Å². The first-order valence-electron chi connectivity index (χ1n) is 4.63. The maximum Gasteiger partial charge on any atom is 0.253 e. The van der Waals surface area contributed by atoms with Crippen molar-refractivity contribution in [3.05, 3.63) is 29.6 Å². The van der Waals surface area contributed by atoms with Gasteiger partial charge in [-0.15, -0.1) is 0 Å². The van der Waals surface area contributed by atoms with Crippen LogP contribution in [0.3, 0.4) is 0 Å². The summed E-state index contributed by atoms with van der Waals surface area (Å²) in [7, 11) is 1.81. The van der Waals surface area contributed by atoms with Gasteiger partial charge in [0.05, 0.1) is 5.56 Å². The number of nitrogens with two attached hydrogens (primary N) is 1. The summed E-state index contributed by atoms with van der Waals surface area (Å²) < 4.78 is 13.3. The Morgan fingerprint density at radius 2 is 2.20 bits per heavy atom. The number of carbonyl (C=O) groups is 1. The third kappa shape index (κ3) is 2.92. The zero-order chi connectivity index (χ0) is 11.3. The highest BCUT2D eigenvalue weighted by Gasteiger charge is 2.12. The number of carbonyl (C=O) groups excluding carboxylic acids is 1. The molecule has 0 unspecified atom stereocenters. The van der Waals surface area contributed by atoms with Crippen LogP contribution in [0.2, 0.25) is 0 Å². The van der Waals surface area contributed by atoms with E-state index in [2.05, 4.69) is 10.6 Å². The maximum absolute atomic E-state index is 13.3. The average molecular weight is 211 g/mol. The number of benzene rings is 1. The smallest absolute Gasteiger partial charge is 0.253 e. The molecule has 0 aliphatic heterocycles. The minimum Gasteiger partial charge on any atom is -0.383 e. The van der Waals surface area contributed by atoms with E-state index in [0.29, 0.717) is 18.8 Å². The van der Waals surface area contributed by atoms with Crippen LogP contribution in [0.1, 0.15) is 10.4 Å². The van der Waals surface area contributed by atoms with E-state index in [1.165, 1.54) is 12.1 Å². The normalized spacial score (nSPS) is 10.0. The molecule has 82 valence electrons. The Morgan fingerprint density at radius 1 is 1.47 bits per heavy atom. The van der Waals surface area contributed by atoms with Gasteiger partial charge in [0.2, 0.25) is 0 Å². The fraction of sp³-hybridized carbons (Fsp3) is 0.300. The molecule has 0 saturated heterocycles. The minimum atomic E-state index is -0.764. The second-order valence-electron chi connectivity index (χ2n) is 3.06. The van der Waals surface area contributed by atoms with E-state index in [1.807, 2.05) is 7.05 Å². The van der Waals surface area contributed by atoms with Gasteiger partial charge in [-0.25, -0.2) is 4.39 Å². The Balaban J connectivity index is 2.86. The monoisotopic (exact) mass is 211 g/mol. The molecule has 0 fully saturated rings. The Kier molecular flexibility index (Phi) is 4.05. The first-order chi connectivity index (χ1) is 7.16. The summed E-state index contributed by atoms with van der Waals surface area (Å²) in [6, 6.07) is 4.37. The number of hydrogen-bond donors (Lipinski definition) is 3. The summed E-state index contributed by atoms with van der Waals surface area (Å²) in [5.74, 6) is -1.36.